The first kappa shape index (κ1) is 11.7. The van der Waals surface area contributed by atoms with E-state index in [0.29, 0.717) is 12.2 Å². The zero-order chi connectivity index (χ0) is 12.5. The maximum Gasteiger partial charge on any atom is 0.180 e. The third kappa shape index (κ3) is 2.88. The van der Waals surface area contributed by atoms with E-state index in [-0.39, 0.29) is 0 Å². The minimum atomic E-state index is -0.756. The minimum Gasteiger partial charge on any atom is -0.389 e. The van der Waals surface area contributed by atoms with Crippen molar-refractivity contribution in [1.82, 2.24) is 15.0 Å². The lowest BCUT2D eigenvalue weighted by atomic mass is 10.1. The molecule has 2 aromatic rings. The van der Waals surface area contributed by atoms with Crippen LogP contribution in [0.3, 0.4) is 0 Å². The number of fused-ring (bicyclic) bond motifs is 1. The topological polar surface area (TPSA) is 62.1 Å². The Morgan fingerprint density at radius 3 is 2.65 bits per heavy atom. The number of hydrogen-bond acceptors (Lipinski definition) is 5. The summed E-state index contributed by atoms with van der Waals surface area (Å²) in [5.74, 6) is 0.778. The molecule has 0 radical (unpaired) electrons. The molecule has 0 bridgehead atoms. The second kappa shape index (κ2) is 4.25. The predicted molar refractivity (Wildman–Crippen MR) is 66.9 cm³/mol. The van der Waals surface area contributed by atoms with Gasteiger partial charge in [0.15, 0.2) is 5.65 Å². The van der Waals surface area contributed by atoms with E-state index < -0.39 is 5.60 Å². The smallest absolute Gasteiger partial charge is 0.180 e. The molecule has 2 aromatic heterocycles. The van der Waals surface area contributed by atoms with Gasteiger partial charge in [-0.1, -0.05) is 0 Å². The SMILES string of the molecule is CN(CC(C)(C)O)c1ccc2nccnc2n1. The first-order valence-corrected chi connectivity index (χ1v) is 5.47. The van der Waals surface area contributed by atoms with E-state index in [1.54, 1.807) is 26.2 Å². The Balaban J connectivity index is 2.30. The molecule has 0 aliphatic carbocycles. The van der Waals surface area contributed by atoms with Crippen molar-refractivity contribution < 1.29 is 5.11 Å². The highest BCUT2D eigenvalue weighted by molar-refractivity contribution is 5.71. The number of aromatic nitrogens is 3. The zero-order valence-corrected chi connectivity index (χ0v) is 10.3. The molecule has 0 unspecified atom stereocenters. The third-order valence-electron chi connectivity index (χ3n) is 2.33. The Hall–Kier alpha value is -1.75. The highest BCUT2D eigenvalue weighted by Gasteiger charge is 2.16. The number of anilines is 1. The maximum atomic E-state index is 9.77. The number of hydrogen-bond donors (Lipinski definition) is 1. The summed E-state index contributed by atoms with van der Waals surface area (Å²) in [7, 11) is 1.89. The molecule has 0 fully saturated rings. The third-order valence-corrected chi connectivity index (χ3v) is 2.33. The van der Waals surface area contributed by atoms with Crippen molar-refractivity contribution in [2.45, 2.75) is 19.4 Å². The molecule has 0 saturated heterocycles. The molecular weight excluding hydrogens is 216 g/mol. The lowest BCUT2D eigenvalue weighted by Gasteiger charge is -2.26. The van der Waals surface area contributed by atoms with E-state index in [4.69, 9.17) is 0 Å². The molecule has 2 heterocycles. The lowest BCUT2D eigenvalue weighted by Crippen LogP contribution is -2.36. The average Bonchev–Trinajstić information content (AvgIpc) is 2.26. The summed E-state index contributed by atoms with van der Waals surface area (Å²) in [4.78, 5) is 14.6. The van der Waals surface area contributed by atoms with Crippen molar-refractivity contribution in [2.75, 3.05) is 18.5 Å². The molecule has 17 heavy (non-hydrogen) atoms. The van der Waals surface area contributed by atoms with Crippen LogP contribution in [0, 0.1) is 0 Å². The van der Waals surface area contributed by atoms with Crippen molar-refractivity contribution in [2.24, 2.45) is 0 Å². The van der Waals surface area contributed by atoms with Crippen LogP contribution in [0.1, 0.15) is 13.8 Å². The van der Waals surface area contributed by atoms with Crippen LogP contribution in [0.5, 0.6) is 0 Å². The number of aliphatic hydroxyl groups is 1. The van der Waals surface area contributed by atoms with Crippen molar-refractivity contribution in [1.29, 1.82) is 0 Å². The Bertz CT molecular complexity index is 521. The van der Waals surface area contributed by atoms with Gasteiger partial charge in [-0.2, -0.15) is 0 Å². The average molecular weight is 232 g/mol. The Morgan fingerprint density at radius 1 is 1.24 bits per heavy atom. The highest BCUT2D eigenvalue weighted by Crippen LogP contribution is 2.15. The number of nitrogens with zero attached hydrogens (tertiary/aromatic N) is 4. The molecule has 2 rings (SSSR count). The Labute approximate surface area is 100 Å². The van der Waals surface area contributed by atoms with E-state index in [9.17, 15) is 5.11 Å². The molecule has 0 aliphatic rings. The molecule has 5 heteroatoms. The number of likely N-dealkylation sites (N-methyl/N-ethyl adjacent to an activating group) is 1. The molecule has 90 valence electrons. The highest BCUT2D eigenvalue weighted by atomic mass is 16.3. The van der Waals surface area contributed by atoms with E-state index in [2.05, 4.69) is 15.0 Å². The van der Waals surface area contributed by atoms with E-state index in [1.165, 1.54) is 0 Å². The molecule has 0 aliphatic heterocycles. The summed E-state index contributed by atoms with van der Waals surface area (Å²) in [5.41, 5.74) is 0.633. The van der Waals surface area contributed by atoms with Gasteiger partial charge in [0.2, 0.25) is 0 Å². The number of rotatable bonds is 3. The molecule has 0 saturated carbocycles. The van der Waals surface area contributed by atoms with Gasteiger partial charge in [0.25, 0.3) is 0 Å². The molecule has 0 atom stereocenters. The van der Waals surface area contributed by atoms with Crippen LogP contribution in [0.15, 0.2) is 24.5 Å². The fraction of sp³-hybridized carbons (Fsp3) is 0.417. The largest absolute Gasteiger partial charge is 0.389 e. The first-order valence-electron chi connectivity index (χ1n) is 5.47. The van der Waals surface area contributed by atoms with Crippen LogP contribution in [0.25, 0.3) is 11.2 Å². The quantitative estimate of drug-likeness (QED) is 0.862. The van der Waals surface area contributed by atoms with Gasteiger partial charge in [-0.3, -0.25) is 4.98 Å². The fourth-order valence-electron chi connectivity index (χ4n) is 1.72. The zero-order valence-electron chi connectivity index (χ0n) is 10.3. The van der Waals surface area contributed by atoms with Crippen LogP contribution in [0.2, 0.25) is 0 Å². The standard InChI is InChI=1S/C12H16N4O/c1-12(2,17)8-16(3)10-5-4-9-11(15-10)14-7-6-13-9/h4-7,17H,8H2,1-3H3. The van der Waals surface area contributed by atoms with Crippen molar-refractivity contribution in [3.63, 3.8) is 0 Å². The summed E-state index contributed by atoms with van der Waals surface area (Å²) in [6, 6.07) is 3.76. The lowest BCUT2D eigenvalue weighted by molar-refractivity contribution is 0.0885. The predicted octanol–water partition coefficient (Wildman–Crippen LogP) is 1.23. The van der Waals surface area contributed by atoms with Crippen molar-refractivity contribution in [3.05, 3.63) is 24.5 Å². The summed E-state index contributed by atoms with van der Waals surface area (Å²) in [6.07, 6.45) is 3.26. The monoisotopic (exact) mass is 232 g/mol. The van der Waals surface area contributed by atoms with Crippen molar-refractivity contribution >= 4 is 17.0 Å². The molecule has 1 N–H and O–H groups in total. The van der Waals surface area contributed by atoms with Crippen LogP contribution >= 0.6 is 0 Å². The van der Waals surface area contributed by atoms with Gasteiger partial charge in [-0.15, -0.1) is 0 Å². The fourth-order valence-corrected chi connectivity index (χ4v) is 1.72. The van der Waals surface area contributed by atoms with E-state index >= 15 is 0 Å². The molecular formula is C12H16N4O. The molecule has 0 amide bonds. The summed E-state index contributed by atoms with van der Waals surface area (Å²) in [6.45, 7) is 4.04. The molecule has 0 spiro atoms. The normalized spacial score (nSPS) is 11.8. The second-order valence-electron chi connectivity index (χ2n) is 4.74. The van der Waals surface area contributed by atoms with Crippen LogP contribution in [-0.2, 0) is 0 Å². The molecule has 0 aromatic carbocycles. The van der Waals surface area contributed by atoms with Gasteiger partial charge < -0.3 is 10.0 Å². The van der Waals surface area contributed by atoms with Gasteiger partial charge >= 0.3 is 0 Å². The van der Waals surface area contributed by atoms with Crippen LogP contribution in [0.4, 0.5) is 5.82 Å². The minimum absolute atomic E-state index is 0.506. The van der Waals surface area contributed by atoms with E-state index in [0.717, 1.165) is 11.3 Å². The second-order valence-corrected chi connectivity index (χ2v) is 4.74. The molecule has 5 nitrogen and oxygen atoms in total. The van der Waals surface area contributed by atoms with Crippen molar-refractivity contribution in [3.8, 4) is 0 Å². The van der Waals surface area contributed by atoms with Gasteiger partial charge in [0, 0.05) is 26.0 Å². The summed E-state index contributed by atoms with van der Waals surface area (Å²) < 4.78 is 0. The van der Waals surface area contributed by atoms with Gasteiger partial charge in [-0.25, -0.2) is 9.97 Å². The van der Waals surface area contributed by atoms with Gasteiger partial charge in [-0.05, 0) is 26.0 Å². The van der Waals surface area contributed by atoms with Gasteiger partial charge in [0.05, 0.1) is 5.60 Å². The Kier molecular flexibility index (Phi) is 2.93. The number of pyridine rings is 1. The maximum absolute atomic E-state index is 9.77. The Morgan fingerprint density at radius 2 is 1.94 bits per heavy atom. The van der Waals surface area contributed by atoms with Crippen LogP contribution < -0.4 is 4.90 Å². The summed E-state index contributed by atoms with van der Waals surface area (Å²) in [5, 5.41) is 9.77. The first-order chi connectivity index (χ1) is 7.96. The van der Waals surface area contributed by atoms with E-state index in [1.807, 2.05) is 24.1 Å². The van der Waals surface area contributed by atoms with Crippen LogP contribution in [-0.4, -0.2) is 39.3 Å². The summed E-state index contributed by atoms with van der Waals surface area (Å²) >= 11 is 0. The van der Waals surface area contributed by atoms with Gasteiger partial charge in [0.1, 0.15) is 11.3 Å².